The number of benzene rings is 1. The van der Waals surface area contributed by atoms with E-state index in [2.05, 4.69) is 57.1 Å². The van der Waals surface area contributed by atoms with Gasteiger partial charge in [-0.05, 0) is 26.0 Å². The predicted molar refractivity (Wildman–Crippen MR) is 83.1 cm³/mol. The molecule has 1 rings (SSSR count). The van der Waals surface area contributed by atoms with Crippen LogP contribution in [0.25, 0.3) is 0 Å². The Labute approximate surface area is 112 Å². The van der Waals surface area contributed by atoms with Crippen molar-refractivity contribution in [2.45, 2.75) is 33.5 Å². The van der Waals surface area contributed by atoms with Gasteiger partial charge in [0.1, 0.15) is 13.8 Å². The van der Waals surface area contributed by atoms with Gasteiger partial charge in [-0.3, -0.25) is 0 Å². The molecule has 0 saturated carbocycles. The molecule has 0 heterocycles. The third-order valence-corrected chi connectivity index (χ3v) is 4.80. The molecule has 2 nitrogen and oxygen atoms in total. The maximum atomic E-state index is 5.90. The summed E-state index contributed by atoms with van der Waals surface area (Å²) in [6.07, 6.45) is 0. The van der Waals surface area contributed by atoms with Crippen molar-refractivity contribution < 1.29 is 4.74 Å². The van der Waals surface area contributed by atoms with E-state index in [-0.39, 0.29) is 0 Å². The summed E-state index contributed by atoms with van der Waals surface area (Å²) in [7, 11) is -1.43. The van der Waals surface area contributed by atoms with Crippen LogP contribution in [0.1, 0.15) is 13.8 Å². The minimum Gasteiger partial charge on any atom is -0.467 e. The summed E-state index contributed by atoms with van der Waals surface area (Å²) in [5, 5.41) is 0.930. The minimum absolute atomic E-state index is 0.895. The van der Waals surface area contributed by atoms with Crippen molar-refractivity contribution in [1.29, 1.82) is 0 Å². The summed E-state index contributed by atoms with van der Waals surface area (Å²) in [5.41, 5.74) is 1.21. The zero-order chi connectivity index (χ0) is 13.8. The average molecular weight is 263 g/mol. The Balaban J connectivity index is 2.86. The third kappa shape index (κ3) is 3.91. The Kier molecular flexibility index (Phi) is 5.02. The number of rotatable bonds is 6. The predicted octanol–water partition coefficient (Wildman–Crippen LogP) is 4.30. The van der Waals surface area contributed by atoms with E-state index in [0.717, 1.165) is 24.2 Å². The topological polar surface area (TPSA) is 12.5 Å². The molecule has 0 fully saturated rings. The van der Waals surface area contributed by atoms with Crippen LogP contribution >= 0.6 is 0 Å². The van der Waals surface area contributed by atoms with Gasteiger partial charge in [0.25, 0.3) is 0 Å². The lowest BCUT2D eigenvalue weighted by molar-refractivity contribution is 0.457. The molecular formula is C15H25NOSi. The van der Waals surface area contributed by atoms with Crippen LogP contribution < -0.4 is 9.64 Å². The minimum atomic E-state index is -1.43. The number of anilines is 1. The molecule has 18 heavy (non-hydrogen) atoms. The standard InChI is InChI=1S/C15H25NOSi/c1-7-16(8-2)14-10-9-11-15(12-14)17-13(3)18(4,5)6/h9-12H,3,7-8H2,1-2,4-6H3. The molecule has 0 N–H and O–H groups in total. The van der Waals surface area contributed by atoms with Crippen molar-refractivity contribution in [3.05, 3.63) is 36.2 Å². The van der Waals surface area contributed by atoms with Gasteiger partial charge < -0.3 is 9.64 Å². The van der Waals surface area contributed by atoms with E-state index in [1.54, 1.807) is 0 Å². The van der Waals surface area contributed by atoms with Gasteiger partial charge in [-0.15, -0.1) is 0 Å². The number of ether oxygens (including phenoxy) is 1. The molecule has 0 aliphatic heterocycles. The molecule has 1 aromatic carbocycles. The zero-order valence-electron chi connectivity index (χ0n) is 12.3. The van der Waals surface area contributed by atoms with Gasteiger partial charge in [0.05, 0.1) is 5.38 Å². The van der Waals surface area contributed by atoms with E-state index < -0.39 is 8.07 Å². The molecule has 0 aromatic heterocycles. The molecule has 0 amide bonds. The van der Waals surface area contributed by atoms with Crippen LogP contribution in [-0.2, 0) is 0 Å². The molecule has 1 aromatic rings. The largest absolute Gasteiger partial charge is 0.467 e. The summed E-state index contributed by atoms with van der Waals surface area (Å²) in [4.78, 5) is 2.31. The van der Waals surface area contributed by atoms with Gasteiger partial charge in [-0.2, -0.15) is 0 Å². The molecule has 0 atom stereocenters. The van der Waals surface area contributed by atoms with Crippen molar-refractivity contribution >= 4 is 13.8 Å². The van der Waals surface area contributed by atoms with E-state index in [9.17, 15) is 0 Å². The lowest BCUT2D eigenvalue weighted by Crippen LogP contribution is -2.27. The molecule has 3 heteroatoms. The van der Waals surface area contributed by atoms with E-state index in [1.807, 2.05) is 12.1 Å². The number of nitrogens with zero attached hydrogens (tertiary/aromatic N) is 1. The van der Waals surface area contributed by atoms with Gasteiger partial charge in [0, 0.05) is 24.8 Å². The van der Waals surface area contributed by atoms with Crippen LogP contribution in [0.2, 0.25) is 19.6 Å². The lowest BCUT2D eigenvalue weighted by Gasteiger charge is -2.23. The van der Waals surface area contributed by atoms with Crippen molar-refractivity contribution in [3.8, 4) is 5.75 Å². The molecule has 0 aliphatic rings. The Bertz CT molecular complexity index is 405. The van der Waals surface area contributed by atoms with Crippen LogP contribution in [0.15, 0.2) is 36.2 Å². The molecule has 0 spiro atoms. The van der Waals surface area contributed by atoms with E-state index in [0.29, 0.717) is 0 Å². The second-order valence-corrected chi connectivity index (χ2v) is 10.5. The smallest absolute Gasteiger partial charge is 0.128 e. The Morgan fingerprint density at radius 3 is 2.33 bits per heavy atom. The third-order valence-electron chi connectivity index (χ3n) is 3.02. The molecule has 0 bridgehead atoms. The summed E-state index contributed by atoms with van der Waals surface area (Å²) in [6, 6.07) is 8.26. The van der Waals surface area contributed by atoms with E-state index in [4.69, 9.17) is 4.74 Å². The van der Waals surface area contributed by atoms with E-state index in [1.165, 1.54) is 5.69 Å². The summed E-state index contributed by atoms with van der Waals surface area (Å²) >= 11 is 0. The van der Waals surface area contributed by atoms with Crippen molar-refractivity contribution in [1.82, 2.24) is 0 Å². The summed E-state index contributed by atoms with van der Waals surface area (Å²) in [6.45, 7) is 17.1. The fourth-order valence-electron chi connectivity index (χ4n) is 1.63. The molecule has 0 radical (unpaired) electrons. The Morgan fingerprint density at radius 2 is 1.83 bits per heavy atom. The van der Waals surface area contributed by atoms with Gasteiger partial charge in [0.15, 0.2) is 0 Å². The molecule has 100 valence electrons. The highest BCUT2D eigenvalue weighted by atomic mass is 28.3. The van der Waals surface area contributed by atoms with Gasteiger partial charge >= 0.3 is 0 Å². The first-order chi connectivity index (χ1) is 8.38. The van der Waals surface area contributed by atoms with Crippen molar-refractivity contribution in [2.24, 2.45) is 0 Å². The maximum absolute atomic E-state index is 5.90. The van der Waals surface area contributed by atoms with Crippen LogP contribution in [0.4, 0.5) is 5.69 Å². The number of hydrogen-bond acceptors (Lipinski definition) is 2. The summed E-state index contributed by atoms with van der Waals surface area (Å²) in [5.74, 6) is 0.895. The normalized spacial score (nSPS) is 11.2. The van der Waals surface area contributed by atoms with Crippen LogP contribution in [0.5, 0.6) is 5.75 Å². The van der Waals surface area contributed by atoms with Gasteiger partial charge in [-0.25, -0.2) is 0 Å². The average Bonchev–Trinajstić information content (AvgIpc) is 2.30. The SMILES string of the molecule is C=C(Oc1cccc(N(CC)CC)c1)[Si](C)(C)C. The summed E-state index contributed by atoms with van der Waals surface area (Å²) < 4.78 is 5.90. The monoisotopic (exact) mass is 263 g/mol. The Morgan fingerprint density at radius 1 is 1.22 bits per heavy atom. The van der Waals surface area contributed by atoms with Crippen LogP contribution in [0.3, 0.4) is 0 Å². The fraction of sp³-hybridized carbons (Fsp3) is 0.467. The highest BCUT2D eigenvalue weighted by Gasteiger charge is 2.20. The quantitative estimate of drug-likeness (QED) is 0.560. The van der Waals surface area contributed by atoms with Crippen molar-refractivity contribution in [3.63, 3.8) is 0 Å². The fourth-order valence-corrected chi connectivity index (χ4v) is 2.05. The zero-order valence-corrected chi connectivity index (χ0v) is 13.3. The highest BCUT2D eigenvalue weighted by molar-refractivity contribution is 6.82. The van der Waals surface area contributed by atoms with Gasteiger partial charge in [0.2, 0.25) is 0 Å². The van der Waals surface area contributed by atoms with Crippen LogP contribution in [-0.4, -0.2) is 21.2 Å². The van der Waals surface area contributed by atoms with Crippen LogP contribution in [0, 0.1) is 0 Å². The Hall–Kier alpha value is -1.22. The first-order valence-electron chi connectivity index (χ1n) is 6.60. The second-order valence-electron chi connectivity index (χ2n) is 5.44. The lowest BCUT2D eigenvalue weighted by atomic mass is 10.2. The molecule has 0 aliphatic carbocycles. The highest BCUT2D eigenvalue weighted by Crippen LogP contribution is 2.24. The van der Waals surface area contributed by atoms with Gasteiger partial charge in [-0.1, -0.05) is 32.3 Å². The molecular weight excluding hydrogens is 238 g/mol. The van der Waals surface area contributed by atoms with E-state index >= 15 is 0 Å². The molecule has 0 unspecified atom stereocenters. The first-order valence-corrected chi connectivity index (χ1v) is 10.1. The first kappa shape index (κ1) is 14.8. The second kappa shape index (κ2) is 6.09. The molecule has 0 saturated heterocycles. The maximum Gasteiger partial charge on any atom is 0.128 e. The number of hydrogen-bond donors (Lipinski definition) is 0. The van der Waals surface area contributed by atoms with Crippen molar-refractivity contribution in [2.75, 3.05) is 18.0 Å².